The summed E-state index contributed by atoms with van der Waals surface area (Å²) < 4.78 is 12.3. The number of hydrogen-bond acceptors (Lipinski definition) is 2. The van der Waals surface area contributed by atoms with Crippen LogP contribution in [0.1, 0.15) is 46.0 Å². The van der Waals surface area contributed by atoms with Crippen LogP contribution in [0.5, 0.6) is 0 Å². The van der Waals surface area contributed by atoms with Gasteiger partial charge >= 0.3 is 8.56 Å². The first-order valence-corrected chi connectivity index (χ1v) is 8.68. The van der Waals surface area contributed by atoms with E-state index in [-0.39, 0.29) is 0 Å². The molecule has 15 heavy (non-hydrogen) atoms. The van der Waals surface area contributed by atoms with Gasteiger partial charge in [-0.3, -0.25) is 0 Å². The monoisotopic (exact) mass is 228 g/mol. The Balaban J connectivity index is 1.99. The molecule has 2 aliphatic carbocycles. The Hall–Kier alpha value is 0.137. The van der Waals surface area contributed by atoms with Gasteiger partial charge in [-0.2, -0.15) is 0 Å². The Morgan fingerprint density at radius 1 is 1.00 bits per heavy atom. The molecule has 0 N–H and O–H groups in total. The van der Waals surface area contributed by atoms with E-state index < -0.39 is 8.56 Å². The Kier molecular flexibility index (Phi) is 3.86. The van der Waals surface area contributed by atoms with E-state index in [1.807, 2.05) is 0 Å². The molecule has 0 aliphatic heterocycles. The topological polar surface area (TPSA) is 18.5 Å². The van der Waals surface area contributed by atoms with Crippen LogP contribution in [0.4, 0.5) is 0 Å². The van der Waals surface area contributed by atoms with Gasteiger partial charge in [-0.15, -0.1) is 0 Å². The molecular formula is C12H24O2Si. The second kappa shape index (κ2) is 4.98. The van der Waals surface area contributed by atoms with E-state index in [4.69, 9.17) is 8.85 Å². The van der Waals surface area contributed by atoms with E-state index in [2.05, 4.69) is 13.8 Å². The van der Waals surface area contributed by atoms with Gasteiger partial charge in [-0.25, -0.2) is 0 Å². The lowest BCUT2D eigenvalue weighted by atomic mass is 10.00. The molecular weight excluding hydrogens is 204 g/mol. The van der Waals surface area contributed by atoms with Crippen LogP contribution in [-0.2, 0) is 8.85 Å². The van der Waals surface area contributed by atoms with Gasteiger partial charge in [0.1, 0.15) is 0 Å². The maximum atomic E-state index is 6.14. The Labute approximate surface area is 94.6 Å². The van der Waals surface area contributed by atoms with E-state index in [0.717, 1.165) is 24.7 Å². The van der Waals surface area contributed by atoms with Crippen molar-refractivity contribution < 1.29 is 8.85 Å². The zero-order chi connectivity index (χ0) is 10.7. The molecule has 0 bridgehead atoms. The molecule has 0 heterocycles. The van der Waals surface area contributed by atoms with E-state index in [1.54, 1.807) is 0 Å². The first kappa shape index (κ1) is 11.6. The summed E-state index contributed by atoms with van der Waals surface area (Å²) in [6.07, 6.45) is 6.95. The maximum absolute atomic E-state index is 6.14. The standard InChI is InChI=1S/C12H24O2Si/c1-3-13-15(14-4-2,10-11-8-9-11)12-6-5-7-12/h11-12H,3-10H2,1-2H3. The quantitative estimate of drug-likeness (QED) is 0.621. The van der Waals surface area contributed by atoms with Crippen molar-refractivity contribution in [3.8, 4) is 0 Å². The molecule has 0 aromatic rings. The van der Waals surface area contributed by atoms with Crippen LogP contribution in [-0.4, -0.2) is 21.8 Å². The highest BCUT2D eigenvalue weighted by molar-refractivity contribution is 6.69. The smallest absolute Gasteiger partial charge is 0.341 e. The average molecular weight is 228 g/mol. The summed E-state index contributed by atoms with van der Waals surface area (Å²) in [5, 5.41) is 0. The SMILES string of the molecule is CCO[Si](CC1CC1)(OCC)C1CCC1. The van der Waals surface area contributed by atoms with Crippen LogP contribution in [0.3, 0.4) is 0 Å². The lowest BCUT2D eigenvalue weighted by molar-refractivity contribution is 0.156. The molecule has 2 aliphatic rings. The molecule has 0 saturated heterocycles. The van der Waals surface area contributed by atoms with Gasteiger partial charge in [0.05, 0.1) is 0 Å². The zero-order valence-electron chi connectivity index (χ0n) is 10.1. The van der Waals surface area contributed by atoms with Crippen molar-refractivity contribution in [3.63, 3.8) is 0 Å². The van der Waals surface area contributed by atoms with Crippen molar-refractivity contribution in [2.45, 2.75) is 57.5 Å². The van der Waals surface area contributed by atoms with Gasteiger partial charge in [0.25, 0.3) is 0 Å². The average Bonchev–Trinajstić information content (AvgIpc) is 2.85. The Morgan fingerprint density at radius 3 is 1.93 bits per heavy atom. The highest BCUT2D eigenvalue weighted by Crippen LogP contribution is 2.49. The summed E-state index contributed by atoms with van der Waals surface area (Å²) in [4.78, 5) is 0. The zero-order valence-corrected chi connectivity index (χ0v) is 11.1. The molecule has 0 spiro atoms. The van der Waals surface area contributed by atoms with Crippen molar-refractivity contribution in [1.29, 1.82) is 0 Å². The first-order chi connectivity index (χ1) is 7.30. The predicted molar refractivity (Wildman–Crippen MR) is 64.1 cm³/mol. The minimum absolute atomic E-state index is 0.804. The summed E-state index contributed by atoms with van der Waals surface area (Å²) in [5.74, 6) is 0.940. The van der Waals surface area contributed by atoms with Crippen LogP contribution in [0.2, 0.25) is 11.6 Å². The molecule has 2 rings (SSSR count). The van der Waals surface area contributed by atoms with Gasteiger partial charge in [-0.1, -0.05) is 19.3 Å². The molecule has 2 fully saturated rings. The summed E-state index contributed by atoms with van der Waals surface area (Å²) in [6.45, 7) is 5.92. The molecule has 0 aromatic heterocycles. The van der Waals surface area contributed by atoms with E-state index >= 15 is 0 Å². The van der Waals surface area contributed by atoms with Crippen molar-refractivity contribution in [3.05, 3.63) is 0 Å². The van der Waals surface area contributed by atoms with E-state index in [9.17, 15) is 0 Å². The van der Waals surface area contributed by atoms with Crippen LogP contribution in [0, 0.1) is 5.92 Å². The molecule has 3 heteroatoms. The fourth-order valence-electron chi connectivity index (χ4n) is 2.62. The van der Waals surface area contributed by atoms with Crippen LogP contribution in [0.15, 0.2) is 0 Å². The summed E-state index contributed by atoms with van der Waals surface area (Å²) in [6, 6.07) is 1.28. The van der Waals surface area contributed by atoms with Gasteiger partial charge < -0.3 is 8.85 Å². The first-order valence-electron chi connectivity index (χ1n) is 6.58. The second-order valence-electron chi connectivity index (χ2n) is 4.95. The molecule has 2 saturated carbocycles. The summed E-state index contributed by atoms with van der Waals surface area (Å²) >= 11 is 0. The maximum Gasteiger partial charge on any atom is 0.341 e. The van der Waals surface area contributed by atoms with Gasteiger partial charge in [0.15, 0.2) is 0 Å². The minimum Gasteiger partial charge on any atom is -0.394 e. The molecule has 0 unspecified atom stereocenters. The largest absolute Gasteiger partial charge is 0.394 e. The third kappa shape index (κ3) is 2.63. The normalized spacial score (nSPS) is 22.8. The van der Waals surface area contributed by atoms with Gasteiger partial charge in [-0.05, 0) is 38.7 Å². The third-order valence-electron chi connectivity index (χ3n) is 3.77. The Morgan fingerprint density at radius 2 is 1.60 bits per heavy atom. The highest BCUT2D eigenvalue weighted by Gasteiger charge is 2.50. The van der Waals surface area contributed by atoms with Gasteiger partial charge in [0.2, 0.25) is 0 Å². The lowest BCUT2D eigenvalue weighted by Crippen LogP contribution is -2.49. The van der Waals surface area contributed by atoms with E-state index in [0.29, 0.717) is 0 Å². The van der Waals surface area contributed by atoms with E-state index in [1.165, 1.54) is 38.1 Å². The molecule has 0 aromatic carbocycles. The van der Waals surface area contributed by atoms with Crippen molar-refractivity contribution >= 4 is 8.56 Å². The summed E-state index contributed by atoms with van der Waals surface area (Å²) in [7, 11) is -1.81. The van der Waals surface area contributed by atoms with Crippen LogP contribution < -0.4 is 0 Å². The molecule has 88 valence electrons. The van der Waals surface area contributed by atoms with Crippen molar-refractivity contribution in [1.82, 2.24) is 0 Å². The fraction of sp³-hybridized carbons (Fsp3) is 1.00. The lowest BCUT2D eigenvalue weighted by Gasteiger charge is -2.41. The second-order valence-corrected chi connectivity index (χ2v) is 8.38. The molecule has 2 nitrogen and oxygen atoms in total. The van der Waals surface area contributed by atoms with Crippen molar-refractivity contribution in [2.24, 2.45) is 5.92 Å². The summed E-state index contributed by atoms with van der Waals surface area (Å²) in [5.41, 5.74) is 0.804. The molecule has 0 amide bonds. The van der Waals surface area contributed by atoms with Gasteiger partial charge in [0, 0.05) is 18.8 Å². The number of hydrogen-bond donors (Lipinski definition) is 0. The fourth-order valence-corrected chi connectivity index (χ4v) is 7.22. The predicted octanol–water partition coefficient (Wildman–Crippen LogP) is 3.47. The minimum atomic E-state index is -1.81. The van der Waals surface area contributed by atoms with Crippen molar-refractivity contribution in [2.75, 3.05) is 13.2 Å². The van der Waals surface area contributed by atoms with Crippen LogP contribution >= 0.6 is 0 Å². The molecule has 0 radical (unpaired) electrons. The molecule has 0 atom stereocenters. The Bertz CT molecular complexity index is 194. The number of rotatable bonds is 7. The highest BCUT2D eigenvalue weighted by atomic mass is 28.4. The third-order valence-corrected chi connectivity index (χ3v) is 8.30. The van der Waals surface area contributed by atoms with Crippen LogP contribution in [0.25, 0.3) is 0 Å².